The molecule has 0 fully saturated rings. The predicted octanol–water partition coefficient (Wildman–Crippen LogP) is 3.53. The molecule has 3 rings (SSSR count). The van der Waals surface area contributed by atoms with Gasteiger partial charge in [0.05, 0.1) is 22.5 Å². The van der Waals surface area contributed by atoms with Crippen molar-refractivity contribution in [2.75, 3.05) is 6.54 Å². The van der Waals surface area contributed by atoms with Crippen LogP contribution in [0.4, 0.5) is 4.79 Å². The summed E-state index contributed by atoms with van der Waals surface area (Å²) in [5.41, 5.74) is 2.36. The quantitative estimate of drug-likeness (QED) is 0.376. The van der Waals surface area contributed by atoms with Crippen LogP contribution in [0, 0.1) is 0 Å². The van der Waals surface area contributed by atoms with Gasteiger partial charge >= 0.3 is 41.6 Å². The maximum absolute atomic E-state index is 12.7. The number of nitrogens with one attached hydrogen (secondary N) is 2. The molecule has 1 aliphatic heterocycles. The van der Waals surface area contributed by atoms with Crippen LogP contribution in [0.5, 0.6) is 0 Å². The van der Waals surface area contributed by atoms with E-state index >= 15 is 0 Å². The monoisotopic (exact) mass is 527 g/mol. The molecule has 2 unspecified atom stereocenters. The van der Waals surface area contributed by atoms with Gasteiger partial charge in [-0.25, -0.2) is 4.79 Å². The molecule has 3 N–H and O–H groups in total. The molecule has 0 radical (unpaired) electrons. The van der Waals surface area contributed by atoms with Crippen LogP contribution in [-0.4, -0.2) is 75.8 Å². The Morgan fingerprint density at radius 1 is 1.09 bits per heavy atom. The van der Waals surface area contributed by atoms with Crippen molar-refractivity contribution < 1.29 is 24.3 Å². The van der Waals surface area contributed by atoms with Crippen LogP contribution >= 0.6 is 23.2 Å². The van der Waals surface area contributed by atoms with Crippen molar-refractivity contribution in [3.63, 3.8) is 0 Å². The number of benzene rings is 2. The van der Waals surface area contributed by atoms with Gasteiger partial charge in [0.15, 0.2) is 11.8 Å². The Labute approximate surface area is 234 Å². The van der Waals surface area contributed by atoms with Crippen molar-refractivity contribution in [3.8, 4) is 11.1 Å². The summed E-state index contributed by atoms with van der Waals surface area (Å²) in [5.74, 6) is -2.20. The molecule has 1 heterocycles. The number of carboxylic acids is 1. The number of halogens is 2. The van der Waals surface area contributed by atoms with Gasteiger partial charge in [0, 0.05) is 18.3 Å². The zero-order valence-corrected chi connectivity index (χ0v) is 20.0. The van der Waals surface area contributed by atoms with Crippen LogP contribution in [0.3, 0.4) is 0 Å². The zero-order valence-electron chi connectivity index (χ0n) is 18.5. The van der Waals surface area contributed by atoms with Gasteiger partial charge in [-0.3, -0.25) is 14.4 Å². The molecule has 3 amide bonds. The number of rotatable bonds is 7. The van der Waals surface area contributed by atoms with E-state index in [0.717, 1.165) is 11.1 Å². The number of carbonyl (C=O) groups is 4. The average Bonchev–Trinajstić information content (AvgIpc) is 2.80. The third-order valence-electron chi connectivity index (χ3n) is 5.37. The van der Waals surface area contributed by atoms with Gasteiger partial charge in [0.25, 0.3) is 5.91 Å². The molecule has 2 aromatic rings. The van der Waals surface area contributed by atoms with E-state index in [9.17, 15) is 24.3 Å². The summed E-state index contributed by atoms with van der Waals surface area (Å²) < 4.78 is 0. The third kappa shape index (κ3) is 7.08. The second kappa shape index (κ2) is 12.6. The molecular weight excluding hydrogens is 504 g/mol. The van der Waals surface area contributed by atoms with E-state index < -0.39 is 42.2 Å². The summed E-state index contributed by atoms with van der Waals surface area (Å²) in [5, 5.41) is 15.1. The van der Waals surface area contributed by atoms with E-state index in [0.29, 0.717) is 27.7 Å². The standard InChI is InChI=1S/C24H23Cl2N3O5.Na.H/c1-3-29-12-13(2)22(32)21(23(29)33)28-24(34)27-19(11-20(30)31)16-6-4-5-14(9-16)15-7-8-17(25)18(26)10-15;;/h4-10,12,19,21H,3,11H2,1-2H3,(H,30,31)(H2,27,28,34);;. The Morgan fingerprint density at radius 3 is 2.40 bits per heavy atom. The Balaban J connectivity index is 0.00000432. The number of Topliss-reactive ketones (excluding diaryl/α,β-unsaturated/α-hetero) is 1. The van der Waals surface area contributed by atoms with Crippen LogP contribution in [-0.2, 0) is 14.4 Å². The minimum absolute atomic E-state index is 0. The summed E-state index contributed by atoms with van der Waals surface area (Å²) >= 11 is 12.1. The number of hydrogen-bond donors (Lipinski definition) is 3. The number of carboxylic acid groups (broad SMARTS) is 1. The SMILES string of the molecule is CCN1C=C(C)C(=O)C(NC(=O)NC(CC(=O)O)c2cccc(-c3ccc(Cl)c(Cl)c3)c2)C1=O.[NaH]. The molecule has 0 spiro atoms. The predicted molar refractivity (Wildman–Crippen MR) is 136 cm³/mol. The first kappa shape index (κ1) is 28.9. The van der Waals surface area contributed by atoms with Crippen LogP contribution in [0.1, 0.15) is 31.9 Å². The number of aliphatic carboxylic acids is 1. The topological polar surface area (TPSA) is 116 Å². The molecular formula is C24H24Cl2N3NaO5. The number of ketones is 1. The van der Waals surface area contributed by atoms with E-state index in [4.69, 9.17) is 23.2 Å². The Morgan fingerprint density at radius 2 is 1.77 bits per heavy atom. The van der Waals surface area contributed by atoms with Gasteiger partial charge in [0.1, 0.15) is 0 Å². The van der Waals surface area contributed by atoms with Gasteiger partial charge in [-0.1, -0.05) is 47.5 Å². The molecule has 35 heavy (non-hydrogen) atoms. The number of nitrogens with zero attached hydrogens (tertiary/aromatic N) is 1. The molecule has 2 aromatic carbocycles. The fourth-order valence-corrected chi connectivity index (χ4v) is 3.91. The summed E-state index contributed by atoms with van der Waals surface area (Å²) in [6.07, 6.45) is 1.04. The van der Waals surface area contributed by atoms with Crippen LogP contribution in [0.15, 0.2) is 54.2 Å². The van der Waals surface area contributed by atoms with Crippen molar-refractivity contribution >= 4 is 76.5 Å². The van der Waals surface area contributed by atoms with E-state index in [1.165, 1.54) is 11.1 Å². The van der Waals surface area contributed by atoms with Crippen molar-refractivity contribution in [3.05, 3.63) is 69.8 Å². The normalized spacial score (nSPS) is 16.2. The number of hydrogen-bond acceptors (Lipinski definition) is 4. The summed E-state index contributed by atoms with van der Waals surface area (Å²) in [6.45, 7) is 3.65. The van der Waals surface area contributed by atoms with Crippen molar-refractivity contribution in [1.82, 2.24) is 15.5 Å². The first-order valence-electron chi connectivity index (χ1n) is 10.5. The number of likely N-dealkylation sites (N-methyl/N-ethyl adjacent to an activating group) is 1. The van der Waals surface area contributed by atoms with Crippen molar-refractivity contribution in [2.45, 2.75) is 32.4 Å². The van der Waals surface area contributed by atoms with Gasteiger partial charge < -0.3 is 20.6 Å². The molecule has 0 bridgehead atoms. The molecule has 0 aromatic heterocycles. The minimum atomic E-state index is -1.38. The molecule has 0 saturated carbocycles. The van der Waals surface area contributed by atoms with E-state index in [1.54, 1.807) is 50.2 Å². The van der Waals surface area contributed by atoms with Crippen LogP contribution in [0.25, 0.3) is 11.1 Å². The summed E-state index contributed by atoms with van der Waals surface area (Å²) in [6, 6.07) is 8.93. The Hall–Kier alpha value is -2.36. The summed E-state index contributed by atoms with van der Waals surface area (Å²) in [4.78, 5) is 50.5. The molecule has 0 aliphatic carbocycles. The fourth-order valence-electron chi connectivity index (χ4n) is 3.61. The van der Waals surface area contributed by atoms with Gasteiger partial charge in [-0.15, -0.1) is 0 Å². The van der Waals surface area contributed by atoms with Gasteiger partial charge in [-0.2, -0.15) is 0 Å². The molecule has 8 nitrogen and oxygen atoms in total. The van der Waals surface area contributed by atoms with Crippen molar-refractivity contribution in [2.24, 2.45) is 0 Å². The second-order valence-corrected chi connectivity index (χ2v) is 8.57. The fraction of sp³-hybridized carbons (Fsp3) is 0.250. The zero-order chi connectivity index (χ0) is 25.0. The van der Waals surface area contributed by atoms with Crippen molar-refractivity contribution in [1.29, 1.82) is 0 Å². The van der Waals surface area contributed by atoms with Gasteiger partial charge in [0.2, 0.25) is 0 Å². The van der Waals surface area contributed by atoms with E-state index in [2.05, 4.69) is 10.6 Å². The van der Waals surface area contributed by atoms with E-state index in [1.807, 2.05) is 6.07 Å². The maximum atomic E-state index is 12.7. The summed E-state index contributed by atoms with van der Waals surface area (Å²) in [7, 11) is 0. The Bertz CT molecular complexity index is 1190. The number of amides is 3. The number of urea groups is 1. The Kier molecular flexibility index (Phi) is 10.4. The van der Waals surface area contributed by atoms with E-state index in [-0.39, 0.29) is 29.6 Å². The van der Waals surface area contributed by atoms with Crippen LogP contribution in [0.2, 0.25) is 10.0 Å². The van der Waals surface area contributed by atoms with Gasteiger partial charge in [-0.05, 0) is 48.7 Å². The van der Waals surface area contributed by atoms with Crippen LogP contribution < -0.4 is 10.6 Å². The average molecular weight is 528 g/mol. The molecule has 11 heteroatoms. The molecule has 0 saturated heterocycles. The second-order valence-electron chi connectivity index (χ2n) is 7.76. The molecule has 180 valence electrons. The first-order chi connectivity index (χ1) is 16.1. The first-order valence-corrected chi connectivity index (χ1v) is 11.2. The molecule has 1 aliphatic rings. The molecule has 2 atom stereocenters. The third-order valence-corrected chi connectivity index (χ3v) is 6.11. The number of carbonyl (C=O) groups excluding carboxylic acids is 3.